The molecule has 1 heterocycles. The summed E-state index contributed by atoms with van der Waals surface area (Å²) < 4.78 is 6.10. The van der Waals surface area contributed by atoms with Gasteiger partial charge in [0.15, 0.2) is 0 Å². The van der Waals surface area contributed by atoms with Crippen molar-refractivity contribution in [1.82, 2.24) is 0 Å². The molecular formula is C24H30O3. The molecule has 1 aliphatic heterocycles. The van der Waals surface area contributed by atoms with Gasteiger partial charge in [0, 0.05) is 30.3 Å². The lowest BCUT2D eigenvalue weighted by Crippen LogP contribution is -2.55. The molecule has 3 fully saturated rings. The molecule has 27 heavy (non-hydrogen) atoms. The molecule has 3 heteroatoms. The fourth-order valence-corrected chi connectivity index (χ4v) is 8.60. The van der Waals surface area contributed by atoms with Gasteiger partial charge in [-0.3, -0.25) is 4.79 Å². The fourth-order valence-electron chi connectivity index (χ4n) is 8.60. The van der Waals surface area contributed by atoms with Gasteiger partial charge in [-0.25, -0.2) is 4.79 Å². The molecule has 6 rings (SSSR count). The highest BCUT2D eigenvalue weighted by atomic mass is 16.6. The van der Waals surface area contributed by atoms with E-state index in [0.29, 0.717) is 29.5 Å². The number of ether oxygens (including phenoxy) is 1. The Morgan fingerprint density at radius 3 is 2.85 bits per heavy atom. The quantitative estimate of drug-likeness (QED) is 0.502. The Morgan fingerprint density at radius 2 is 2.11 bits per heavy atom. The van der Waals surface area contributed by atoms with Gasteiger partial charge in [0.1, 0.15) is 11.4 Å². The first-order valence-corrected chi connectivity index (χ1v) is 11.1. The van der Waals surface area contributed by atoms with E-state index in [9.17, 15) is 9.59 Å². The van der Waals surface area contributed by atoms with Crippen molar-refractivity contribution >= 4 is 11.8 Å². The molecule has 0 N–H and O–H groups in total. The van der Waals surface area contributed by atoms with E-state index in [0.717, 1.165) is 43.9 Å². The van der Waals surface area contributed by atoms with Crippen LogP contribution in [0.4, 0.5) is 0 Å². The molecule has 3 saturated carbocycles. The number of hydrogen-bond acceptors (Lipinski definition) is 3. The molecule has 0 aromatic rings. The van der Waals surface area contributed by atoms with Crippen molar-refractivity contribution in [2.75, 3.05) is 0 Å². The van der Waals surface area contributed by atoms with Crippen molar-refractivity contribution in [3.05, 3.63) is 23.3 Å². The molecule has 3 nitrogen and oxygen atoms in total. The van der Waals surface area contributed by atoms with Crippen LogP contribution in [0.15, 0.2) is 23.3 Å². The Morgan fingerprint density at radius 1 is 1.26 bits per heavy atom. The molecule has 6 aliphatic rings. The summed E-state index contributed by atoms with van der Waals surface area (Å²) in [5.41, 5.74) is 2.96. The largest absolute Gasteiger partial charge is 0.451 e. The van der Waals surface area contributed by atoms with Gasteiger partial charge in [-0.05, 0) is 67.8 Å². The highest BCUT2D eigenvalue weighted by Gasteiger charge is 2.78. The summed E-state index contributed by atoms with van der Waals surface area (Å²) >= 11 is 0. The molecule has 0 aromatic heterocycles. The molecule has 8 atom stereocenters. The SMILES string of the molecule is CC[C@@H]1CC2=C(CCC(=O)C2)[C@H]2CC[C@@]3(C)[C@@H]([C@H]4C[C@H]4[C@@]34C=CC(=O)O4)[C@H]12. The van der Waals surface area contributed by atoms with Crippen LogP contribution in [0.2, 0.25) is 0 Å². The Hall–Kier alpha value is -1.38. The van der Waals surface area contributed by atoms with E-state index in [1.807, 2.05) is 0 Å². The number of hydrogen-bond donors (Lipinski definition) is 0. The third kappa shape index (κ3) is 1.89. The van der Waals surface area contributed by atoms with E-state index in [1.165, 1.54) is 24.8 Å². The van der Waals surface area contributed by atoms with Crippen LogP contribution in [0.5, 0.6) is 0 Å². The van der Waals surface area contributed by atoms with Crippen LogP contribution in [0.3, 0.4) is 0 Å². The van der Waals surface area contributed by atoms with E-state index in [2.05, 4.69) is 19.9 Å². The van der Waals surface area contributed by atoms with Crippen molar-refractivity contribution < 1.29 is 14.3 Å². The summed E-state index contributed by atoms with van der Waals surface area (Å²) in [7, 11) is 0. The van der Waals surface area contributed by atoms with Crippen LogP contribution in [-0.2, 0) is 14.3 Å². The third-order valence-corrected chi connectivity index (χ3v) is 9.63. The number of Topliss-reactive ketones (excluding diaryl/α,β-unsaturated/α-hetero) is 1. The van der Waals surface area contributed by atoms with Crippen LogP contribution in [0.1, 0.15) is 65.2 Å². The monoisotopic (exact) mass is 366 g/mol. The van der Waals surface area contributed by atoms with Crippen LogP contribution in [-0.4, -0.2) is 17.4 Å². The summed E-state index contributed by atoms with van der Waals surface area (Å²) in [6, 6.07) is 0. The van der Waals surface area contributed by atoms with Gasteiger partial charge in [0.25, 0.3) is 0 Å². The first kappa shape index (κ1) is 16.6. The smallest absolute Gasteiger partial charge is 0.331 e. The van der Waals surface area contributed by atoms with E-state index in [-0.39, 0.29) is 17.0 Å². The standard InChI is InChI=1S/C24H30O3/c1-3-13-10-14-11-15(25)4-5-16(14)17-6-8-23(2)22(21(13)17)18-12-19(18)24(23)9-7-20(26)27-24/h7,9,13,17-19,21-22H,3-6,8,10-12H2,1-2H3/t13-,17-,18+,19-,21-,22+,23+,24+/m1/s1. The minimum atomic E-state index is -0.320. The number of esters is 1. The Bertz CT molecular complexity index is 806. The second kappa shape index (κ2) is 5.15. The van der Waals surface area contributed by atoms with E-state index in [1.54, 1.807) is 11.6 Å². The van der Waals surface area contributed by atoms with Crippen molar-refractivity contribution in [1.29, 1.82) is 0 Å². The first-order chi connectivity index (χ1) is 13.0. The predicted molar refractivity (Wildman–Crippen MR) is 102 cm³/mol. The summed E-state index contributed by atoms with van der Waals surface area (Å²) in [4.78, 5) is 24.1. The topological polar surface area (TPSA) is 43.4 Å². The molecule has 0 radical (unpaired) electrons. The zero-order chi connectivity index (χ0) is 18.6. The molecule has 1 spiro atoms. The van der Waals surface area contributed by atoms with Gasteiger partial charge >= 0.3 is 5.97 Å². The first-order valence-electron chi connectivity index (χ1n) is 11.1. The van der Waals surface area contributed by atoms with Crippen molar-refractivity contribution in [3.63, 3.8) is 0 Å². The molecule has 144 valence electrons. The Kier molecular flexibility index (Phi) is 3.16. The summed E-state index contributed by atoms with van der Waals surface area (Å²) in [5.74, 6) is 4.39. The van der Waals surface area contributed by atoms with Crippen molar-refractivity contribution in [3.8, 4) is 0 Å². The van der Waals surface area contributed by atoms with Crippen LogP contribution < -0.4 is 0 Å². The summed E-state index contributed by atoms with van der Waals surface area (Å²) in [5, 5.41) is 0. The fraction of sp³-hybridized carbons (Fsp3) is 0.750. The van der Waals surface area contributed by atoms with Crippen LogP contribution in [0.25, 0.3) is 0 Å². The summed E-state index contributed by atoms with van der Waals surface area (Å²) in [6.45, 7) is 4.78. The normalized spacial score (nSPS) is 52.4. The lowest BCUT2D eigenvalue weighted by Gasteiger charge is -2.57. The number of carbonyl (C=O) groups is 2. The lowest BCUT2D eigenvalue weighted by atomic mass is 9.48. The number of rotatable bonds is 1. The molecule has 0 bridgehead atoms. The molecule has 0 saturated heterocycles. The van der Waals surface area contributed by atoms with Crippen molar-refractivity contribution in [2.45, 2.75) is 70.8 Å². The predicted octanol–water partition coefficient (Wildman–Crippen LogP) is 4.62. The van der Waals surface area contributed by atoms with Gasteiger partial charge in [-0.15, -0.1) is 0 Å². The molecule has 0 unspecified atom stereocenters. The minimum Gasteiger partial charge on any atom is -0.451 e. The van der Waals surface area contributed by atoms with Gasteiger partial charge < -0.3 is 4.74 Å². The number of fused-ring (bicyclic) bond motifs is 8. The molecule has 5 aliphatic carbocycles. The molecule has 0 aromatic carbocycles. The molecule has 0 amide bonds. The highest BCUT2D eigenvalue weighted by molar-refractivity contribution is 5.86. The maximum absolute atomic E-state index is 12.1. The van der Waals surface area contributed by atoms with E-state index < -0.39 is 0 Å². The maximum atomic E-state index is 12.1. The second-order valence-electron chi connectivity index (χ2n) is 10.4. The average molecular weight is 367 g/mol. The zero-order valence-corrected chi connectivity index (χ0v) is 16.5. The van der Waals surface area contributed by atoms with Gasteiger partial charge in [-0.2, -0.15) is 0 Å². The summed E-state index contributed by atoms with van der Waals surface area (Å²) in [6.07, 6.45) is 12.3. The highest BCUT2D eigenvalue weighted by Crippen LogP contribution is 2.78. The van der Waals surface area contributed by atoms with Crippen LogP contribution in [0, 0.1) is 40.9 Å². The number of ketones is 1. The Labute approximate surface area is 161 Å². The maximum Gasteiger partial charge on any atom is 0.331 e. The van der Waals surface area contributed by atoms with E-state index >= 15 is 0 Å². The van der Waals surface area contributed by atoms with Crippen molar-refractivity contribution in [2.24, 2.45) is 40.9 Å². The average Bonchev–Trinajstić information content (AvgIpc) is 3.29. The number of carbonyl (C=O) groups excluding carboxylic acids is 2. The second-order valence-corrected chi connectivity index (χ2v) is 10.4. The Balaban J connectivity index is 1.43. The van der Waals surface area contributed by atoms with Gasteiger partial charge in [-0.1, -0.05) is 31.4 Å². The lowest BCUT2D eigenvalue weighted by molar-refractivity contribution is -0.167. The minimum absolute atomic E-state index is 0.0976. The van der Waals surface area contributed by atoms with Crippen LogP contribution >= 0.6 is 0 Å². The molecular weight excluding hydrogens is 336 g/mol. The zero-order valence-electron chi connectivity index (χ0n) is 16.5. The third-order valence-electron chi connectivity index (χ3n) is 9.63. The van der Waals surface area contributed by atoms with Gasteiger partial charge in [0.05, 0.1) is 0 Å². The number of allylic oxidation sites excluding steroid dienone is 2. The van der Waals surface area contributed by atoms with Gasteiger partial charge in [0.2, 0.25) is 0 Å². The van der Waals surface area contributed by atoms with E-state index in [4.69, 9.17) is 4.74 Å².